The van der Waals surface area contributed by atoms with Crippen molar-refractivity contribution < 1.29 is 17.9 Å². The number of rotatable bonds is 5. The number of hydrogen-bond donors (Lipinski definition) is 0. The Labute approximate surface area is 171 Å². The highest BCUT2D eigenvalue weighted by atomic mass is 32.2. The summed E-state index contributed by atoms with van der Waals surface area (Å²) in [5.41, 5.74) is 1.07. The first kappa shape index (κ1) is 19.9. The molecule has 3 heterocycles. The zero-order valence-corrected chi connectivity index (χ0v) is 17.3. The average molecular weight is 419 g/mol. The summed E-state index contributed by atoms with van der Waals surface area (Å²) in [5.74, 6) is 1.60. The monoisotopic (exact) mass is 418 g/mol. The summed E-state index contributed by atoms with van der Waals surface area (Å²) in [5, 5.41) is 0. The molecule has 0 N–H and O–H groups in total. The Hall–Kier alpha value is -2.36. The van der Waals surface area contributed by atoms with Gasteiger partial charge in [0.25, 0.3) is 0 Å². The van der Waals surface area contributed by atoms with E-state index in [9.17, 15) is 8.42 Å². The van der Waals surface area contributed by atoms with Gasteiger partial charge in [-0.3, -0.25) is 0 Å². The Balaban J connectivity index is 1.40. The van der Waals surface area contributed by atoms with E-state index in [1.54, 1.807) is 23.5 Å². The number of methoxy groups -OCH3 is 1. The fraction of sp³-hybridized carbons (Fsp3) is 0.450. The van der Waals surface area contributed by atoms with Crippen LogP contribution < -0.4 is 14.5 Å². The number of nitrogens with zero attached hydrogens (tertiary/aromatic N) is 4. The quantitative estimate of drug-likeness (QED) is 0.727. The van der Waals surface area contributed by atoms with Crippen LogP contribution in [0.1, 0.15) is 0 Å². The normalized spacial score (nSPS) is 18.7. The van der Waals surface area contributed by atoms with Gasteiger partial charge in [0.05, 0.1) is 20.3 Å². The number of ether oxygens (including phenoxy) is 2. The first-order valence-corrected chi connectivity index (χ1v) is 11.2. The second-order valence-corrected chi connectivity index (χ2v) is 8.98. The van der Waals surface area contributed by atoms with Crippen molar-refractivity contribution in [3.8, 4) is 5.75 Å². The van der Waals surface area contributed by atoms with Crippen molar-refractivity contribution in [2.24, 2.45) is 0 Å². The fourth-order valence-electron chi connectivity index (χ4n) is 3.63. The summed E-state index contributed by atoms with van der Waals surface area (Å²) >= 11 is 0. The number of aromatic nitrogens is 1. The molecule has 2 aromatic rings. The van der Waals surface area contributed by atoms with Crippen molar-refractivity contribution in [3.05, 3.63) is 42.6 Å². The number of morpholine rings is 1. The highest BCUT2D eigenvalue weighted by molar-refractivity contribution is 7.89. The van der Waals surface area contributed by atoms with Crippen molar-refractivity contribution >= 4 is 21.5 Å². The van der Waals surface area contributed by atoms with Crippen molar-refractivity contribution in [1.29, 1.82) is 0 Å². The summed E-state index contributed by atoms with van der Waals surface area (Å²) in [4.78, 5) is 8.92. The molecule has 2 aliphatic rings. The standard InChI is InChI=1S/C20H26N4O4S/c1-27-18-4-2-17(3-5-18)22-8-10-24(11-9-22)29(25,26)19-6-7-20(21-16-19)23-12-14-28-15-13-23/h2-7,16H,8-15H2,1H3. The predicted molar refractivity (Wildman–Crippen MR) is 111 cm³/mol. The Bertz CT molecular complexity index is 905. The molecule has 0 radical (unpaired) electrons. The molecule has 2 aliphatic heterocycles. The minimum absolute atomic E-state index is 0.243. The number of piperazine rings is 1. The summed E-state index contributed by atoms with van der Waals surface area (Å²) < 4.78 is 38.1. The van der Waals surface area contributed by atoms with Crippen molar-refractivity contribution in [2.75, 3.05) is 69.4 Å². The molecule has 0 bridgehead atoms. The van der Waals surface area contributed by atoms with Gasteiger partial charge in [0.15, 0.2) is 0 Å². The molecule has 0 saturated carbocycles. The average Bonchev–Trinajstić information content (AvgIpc) is 2.80. The van der Waals surface area contributed by atoms with E-state index in [-0.39, 0.29) is 4.90 Å². The molecular formula is C20H26N4O4S. The van der Waals surface area contributed by atoms with Crippen LogP contribution in [0.3, 0.4) is 0 Å². The van der Waals surface area contributed by atoms with E-state index in [2.05, 4.69) is 14.8 Å². The molecular weight excluding hydrogens is 392 g/mol. The molecule has 0 atom stereocenters. The maximum absolute atomic E-state index is 13.0. The molecule has 156 valence electrons. The van der Waals surface area contributed by atoms with Crippen LogP contribution in [0.25, 0.3) is 0 Å². The third-order valence-electron chi connectivity index (χ3n) is 5.37. The van der Waals surface area contributed by atoms with E-state index in [1.807, 2.05) is 24.3 Å². The third-order valence-corrected chi connectivity index (χ3v) is 7.25. The maximum Gasteiger partial charge on any atom is 0.244 e. The van der Waals surface area contributed by atoms with E-state index in [0.29, 0.717) is 39.4 Å². The Morgan fingerprint density at radius 1 is 0.897 bits per heavy atom. The SMILES string of the molecule is COc1ccc(N2CCN(S(=O)(=O)c3ccc(N4CCOCC4)nc3)CC2)cc1. The molecule has 4 rings (SSSR count). The number of anilines is 2. The Morgan fingerprint density at radius 3 is 2.17 bits per heavy atom. The number of sulfonamides is 1. The van der Waals surface area contributed by atoms with E-state index < -0.39 is 10.0 Å². The lowest BCUT2D eigenvalue weighted by atomic mass is 10.2. The molecule has 0 spiro atoms. The largest absolute Gasteiger partial charge is 0.497 e. The topological polar surface area (TPSA) is 75.2 Å². The van der Waals surface area contributed by atoms with Gasteiger partial charge in [-0.15, -0.1) is 0 Å². The second-order valence-electron chi connectivity index (χ2n) is 7.04. The number of pyridine rings is 1. The van der Waals surface area contributed by atoms with Gasteiger partial charge in [-0.25, -0.2) is 13.4 Å². The summed E-state index contributed by atoms with van der Waals surface area (Å²) in [6, 6.07) is 11.3. The van der Waals surface area contributed by atoms with Gasteiger partial charge in [-0.1, -0.05) is 0 Å². The molecule has 2 fully saturated rings. The highest BCUT2D eigenvalue weighted by Gasteiger charge is 2.29. The smallest absolute Gasteiger partial charge is 0.244 e. The molecule has 2 saturated heterocycles. The molecule has 1 aromatic carbocycles. The lowest BCUT2D eigenvalue weighted by Crippen LogP contribution is -2.48. The van der Waals surface area contributed by atoms with E-state index in [4.69, 9.17) is 9.47 Å². The van der Waals surface area contributed by atoms with Crippen molar-refractivity contribution in [1.82, 2.24) is 9.29 Å². The van der Waals surface area contributed by atoms with Gasteiger partial charge in [-0.2, -0.15) is 4.31 Å². The first-order valence-electron chi connectivity index (χ1n) is 9.76. The van der Waals surface area contributed by atoms with Crippen molar-refractivity contribution in [2.45, 2.75) is 4.90 Å². The van der Waals surface area contributed by atoms with E-state index in [1.165, 1.54) is 6.20 Å². The summed E-state index contributed by atoms with van der Waals surface area (Å²) in [6.45, 7) is 5.05. The Morgan fingerprint density at radius 2 is 1.59 bits per heavy atom. The van der Waals surface area contributed by atoms with Crippen LogP contribution in [0, 0.1) is 0 Å². The minimum Gasteiger partial charge on any atom is -0.497 e. The lowest BCUT2D eigenvalue weighted by molar-refractivity contribution is 0.122. The van der Waals surface area contributed by atoms with Gasteiger partial charge >= 0.3 is 0 Å². The van der Waals surface area contributed by atoms with Gasteiger partial charge < -0.3 is 19.3 Å². The lowest BCUT2D eigenvalue weighted by Gasteiger charge is -2.35. The highest BCUT2D eigenvalue weighted by Crippen LogP contribution is 2.24. The van der Waals surface area contributed by atoms with Gasteiger partial charge in [0, 0.05) is 51.2 Å². The van der Waals surface area contributed by atoms with Crippen LogP contribution in [-0.2, 0) is 14.8 Å². The molecule has 0 aliphatic carbocycles. The van der Waals surface area contributed by atoms with Gasteiger partial charge in [0.2, 0.25) is 10.0 Å². The summed E-state index contributed by atoms with van der Waals surface area (Å²) in [6.07, 6.45) is 1.47. The zero-order valence-electron chi connectivity index (χ0n) is 16.5. The van der Waals surface area contributed by atoms with Crippen LogP contribution in [0.15, 0.2) is 47.5 Å². The van der Waals surface area contributed by atoms with Gasteiger partial charge in [-0.05, 0) is 36.4 Å². The molecule has 0 amide bonds. The molecule has 9 heteroatoms. The van der Waals surface area contributed by atoms with Crippen LogP contribution in [-0.4, -0.2) is 77.3 Å². The summed E-state index contributed by atoms with van der Waals surface area (Å²) in [7, 11) is -1.90. The molecule has 29 heavy (non-hydrogen) atoms. The second kappa shape index (κ2) is 8.56. The van der Waals surface area contributed by atoms with Crippen LogP contribution in [0.4, 0.5) is 11.5 Å². The Kier molecular flexibility index (Phi) is 5.89. The van der Waals surface area contributed by atoms with E-state index >= 15 is 0 Å². The van der Waals surface area contributed by atoms with Crippen molar-refractivity contribution in [3.63, 3.8) is 0 Å². The van der Waals surface area contributed by atoms with Crippen LogP contribution in [0.2, 0.25) is 0 Å². The molecule has 1 aromatic heterocycles. The first-order chi connectivity index (χ1) is 14.1. The molecule has 0 unspecified atom stereocenters. The fourth-order valence-corrected chi connectivity index (χ4v) is 5.00. The van der Waals surface area contributed by atoms with E-state index in [0.717, 1.165) is 30.3 Å². The number of hydrogen-bond acceptors (Lipinski definition) is 7. The van der Waals surface area contributed by atoms with Gasteiger partial charge in [0.1, 0.15) is 16.5 Å². The molecule has 8 nitrogen and oxygen atoms in total. The zero-order chi connectivity index (χ0) is 20.3. The predicted octanol–water partition coefficient (Wildman–Crippen LogP) is 1.44. The van der Waals surface area contributed by atoms with Crippen LogP contribution >= 0.6 is 0 Å². The third kappa shape index (κ3) is 4.31. The van der Waals surface area contributed by atoms with Crippen LogP contribution in [0.5, 0.6) is 5.75 Å². The minimum atomic E-state index is -3.54. The maximum atomic E-state index is 13.0. The number of benzene rings is 1.